The molecule has 2 saturated heterocycles. The molecular formula is C42H58FN3O7. The van der Waals surface area contributed by atoms with E-state index in [9.17, 15) is 28.4 Å². The van der Waals surface area contributed by atoms with Gasteiger partial charge in [-0.2, -0.15) is 0 Å². The highest BCUT2D eigenvalue weighted by molar-refractivity contribution is 5.98. The van der Waals surface area contributed by atoms with Crippen LogP contribution >= 0.6 is 0 Å². The Labute approximate surface area is 313 Å². The van der Waals surface area contributed by atoms with Gasteiger partial charge in [0.25, 0.3) is 0 Å². The minimum absolute atomic E-state index is 0.0340. The van der Waals surface area contributed by atoms with Crippen molar-refractivity contribution in [1.29, 1.82) is 0 Å². The summed E-state index contributed by atoms with van der Waals surface area (Å²) in [5.74, 6) is -3.23. The monoisotopic (exact) mass is 735 g/mol. The number of aryl methyl sites for hydroxylation is 1. The number of rotatable bonds is 22. The van der Waals surface area contributed by atoms with Crippen LogP contribution in [0.3, 0.4) is 0 Å². The zero-order chi connectivity index (χ0) is 38.5. The third kappa shape index (κ3) is 13.8. The average Bonchev–Trinajstić information content (AvgIpc) is 3.88. The van der Waals surface area contributed by atoms with Crippen molar-refractivity contribution in [3.8, 4) is 0 Å². The molecule has 0 saturated carbocycles. The second-order valence-electron chi connectivity index (χ2n) is 15.8. The summed E-state index contributed by atoms with van der Waals surface area (Å²) in [4.78, 5) is 70.9. The van der Waals surface area contributed by atoms with E-state index in [0.29, 0.717) is 57.6 Å². The lowest BCUT2D eigenvalue weighted by Crippen LogP contribution is -2.50. The van der Waals surface area contributed by atoms with Gasteiger partial charge in [0.15, 0.2) is 11.6 Å². The van der Waals surface area contributed by atoms with Crippen molar-refractivity contribution in [3.63, 3.8) is 0 Å². The van der Waals surface area contributed by atoms with Crippen LogP contribution in [0.15, 0.2) is 54.6 Å². The van der Waals surface area contributed by atoms with Crippen molar-refractivity contribution in [1.82, 2.24) is 15.5 Å². The lowest BCUT2D eigenvalue weighted by Gasteiger charge is -2.28. The van der Waals surface area contributed by atoms with E-state index in [1.165, 1.54) is 12.1 Å². The number of Topliss-reactive ketones (excluding diaryl/α,β-unsaturated/α-hetero) is 3. The second kappa shape index (κ2) is 20.0. The van der Waals surface area contributed by atoms with Crippen molar-refractivity contribution >= 4 is 29.2 Å². The molecule has 0 radical (unpaired) electrons. The molecule has 2 amide bonds. The van der Waals surface area contributed by atoms with Gasteiger partial charge in [0, 0.05) is 37.8 Å². The molecular weight excluding hydrogens is 677 g/mol. The van der Waals surface area contributed by atoms with Crippen LogP contribution in [0.2, 0.25) is 0 Å². The summed E-state index contributed by atoms with van der Waals surface area (Å²) in [7, 11) is 0. The molecule has 2 aromatic rings. The summed E-state index contributed by atoms with van der Waals surface area (Å²) in [6.07, 6.45) is 1.73. The van der Waals surface area contributed by atoms with E-state index < -0.39 is 41.2 Å². The fourth-order valence-electron chi connectivity index (χ4n) is 6.85. The first-order valence-electron chi connectivity index (χ1n) is 19.1. The van der Waals surface area contributed by atoms with Gasteiger partial charge in [0.2, 0.25) is 11.8 Å². The molecule has 0 aliphatic carbocycles. The molecule has 0 unspecified atom stereocenters. The summed E-state index contributed by atoms with van der Waals surface area (Å²) in [5, 5.41) is 5.92. The number of carbonyl (C=O) groups excluding carboxylic acids is 5. The maximum absolute atomic E-state index is 14.2. The van der Waals surface area contributed by atoms with Crippen LogP contribution in [-0.2, 0) is 46.3 Å². The molecule has 0 spiro atoms. The number of morpholine rings is 1. The molecule has 2 N–H and O–H groups in total. The number of ketones is 3. The fourth-order valence-corrected chi connectivity index (χ4v) is 6.85. The van der Waals surface area contributed by atoms with Gasteiger partial charge in [-0.05, 0) is 74.1 Å². The molecule has 2 aliphatic heterocycles. The molecule has 0 bridgehead atoms. The van der Waals surface area contributed by atoms with Gasteiger partial charge in [-0.15, -0.1) is 0 Å². The van der Waals surface area contributed by atoms with Crippen LogP contribution in [0, 0.1) is 29.5 Å². The molecule has 2 fully saturated rings. The highest BCUT2D eigenvalue weighted by Gasteiger charge is 2.50. The molecule has 290 valence electrons. The predicted molar refractivity (Wildman–Crippen MR) is 200 cm³/mol. The highest BCUT2D eigenvalue weighted by Crippen LogP contribution is 2.30. The number of benzene rings is 2. The molecule has 0 aromatic heterocycles. The molecule has 53 heavy (non-hydrogen) atoms. The van der Waals surface area contributed by atoms with Crippen molar-refractivity contribution in [2.24, 2.45) is 23.7 Å². The SMILES string of the molecule is CC(C)C[C@H](NC(=O)[C@H](CCc1ccccc1)CC(=O)CN1CCOCC1)C(=O)C[C@@H](Cc1ccc(F)cc1)C(=O)N[C@@H](CC(C)C)C(=O)[C@@]1(C)CO1. The molecule has 4 rings (SSSR count). The Morgan fingerprint density at radius 1 is 0.792 bits per heavy atom. The number of nitrogens with zero attached hydrogens (tertiary/aromatic N) is 1. The van der Waals surface area contributed by atoms with Crippen molar-refractivity contribution in [3.05, 3.63) is 71.5 Å². The zero-order valence-corrected chi connectivity index (χ0v) is 32.0. The summed E-state index contributed by atoms with van der Waals surface area (Å²) < 4.78 is 24.6. The van der Waals surface area contributed by atoms with E-state index in [4.69, 9.17) is 9.47 Å². The van der Waals surface area contributed by atoms with E-state index in [1.54, 1.807) is 19.1 Å². The van der Waals surface area contributed by atoms with Crippen LogP contribution in [0.25, 0.3) is 0 Å². The lowest BCUT2D eigenvalue weighted by molar-refractivity contribution is -0.136. The fraction of sp³-hybridized carbons (Fsp3) is 0.595. The van der Waals surface area contributed by atoms with Crippen molar-refractivity contribution in [2.75, 3.05) is 39.5 Å². The number of epoxide rings is 1. The topological polar surface area (TPSA) is 134 Å². The molecule has 2 aliphatic rings. The maximum Gasteiger partial charge on any atom is 0.224 e. The van der Waals surface area contributed by atoms with Gasteiger partial charge in [-0.3, -0.25) is 28.9 Å². The highest BCUT2D eigenvalue weighted by atomic mass is 19.1. The number of ether oxygens (including phenoxy) is 2. The van der Waals surface area contributed by atoms with Crippen LogP contribution in [0.5, 0.6) is 0 Å². The Hall–Kier alpha value is -3.80. The van der Waals surface area contributed by atoms with Gasteiger partial charge in [-0.1, -0.05) is 70.2 Å². The van der Waals surface area contributed by atoms with E-state index >= 15 is 0 Å². The average molecular weight is 736 g/mol. The van der Waals surface area contributed by atoms with Crippen LogP contribution in [-0.4, -0.2) is 91.2 Å². The quantitative estimate of drug-likeness (QED) is 0.163. The Morgan fingerprint density at radius 2 is 1.38 bits per heavy atom. The van der Waals surface area contributed by atoms with Gasteiger partial charge in [0.1, 0.15) is 17.2 Å². The minimum atomic E-state index is -0.942. The molecule has 5 atom stereocenters. The maximum atomic E-state index is 14.2. The van der Waals surface area contributed by atoms with Gasteiger partial charge in [-0.25, -0.2) is 4.39 Å². The lowest BCUT2D eigenvalue weighted by atomic mass is 9.87. The number of hydrogen-bond donors (Lipinski definition) is 2. The van der Waals surface area contributed by atoms with Crippen molar-refractivity contribution < 1.29 is 37.8 Å². The van der Waals surface area contributed by atoms with E-state index in [2.05, 4.69) is 10.6 Å². The van der Waals surface area contributed by atoms with Crippen LogP contribution in [0.4, 0.5) is 4.39 Å². The van der Waals surface area contributed by atoms with Gasteiger partial charge >= 0.3 is 0 Å². The standard InChI is InChI=1S/C42H58FN3O7/c1-28(2)21-36(44-40(50)32(14-11-30-9-7-6-8-10-30)24-35(47)26-46-17-19-52-20-18-46)38(48)25-33(23-31-12-15-34(43)16-13-31)41(51)45-37(22-29(3)4)39(49)42(5)27-53-42/h6-10,12-13,15-16,28-29,32-33,36-37H,11,14,17-27H2,1-5H3,(H,44,50)(H,45,51)/t32-,33-,36+,37+,42-/m1/s1. The number of hydrogen-bond acceptors (Lipinski definition) is 8. The van der Waals surface area contributed by atoms with E-state index in [1.807, 2.05) is 62.9 Å². The number of amides is 2. The summed E-state index contributed by atoms with van der Waals surface area (Å²) in [6, 6.07) is 13.8. The Kier molecular flexibility index (Phi) is 15.9. The van der Waals surface area contributed by atoms with Gasteiger partial charge in [0.05, 0.1) is 38.4 Å². The predicted octanol–water partition coefficient (Wildman–Crippen LogP) is 4.90. The van der Waals surface area contributed by atoms with Crippen LogP contribution in [0.1, 0.15) is 77.8 Å². The molecule has 2 aromatic carbocycles. The Morgan fingerprint density at radius 3 is 1.98 bits per heavy atom. The first-order chi connectivity index (χ1) is 25.2. The molecule has 11 heteroatoms. The minimum Gasteiger partial charge on any atom is -0.379 e. The summed E-state index contributed by atoms with van der Waals surface area (Å²) in [5.41, 5.74) is 0.766. The van der Waals surface area contributed by atoms with Crippen molar-refractivity contribution in [2.45, 2.75) is 97.2 Å². The summed E-state index contributed by atoms with van der Waals surface area (Å²) >= 11 is 0. The number of halogens is 1. The van der Waals surface area contributed by atoms with Crippen LogP contribution < -0.4 is 10.6 Å². The third-order valence-electron chi connectivity index (χ3n) is 10.0. The largest absolute Gasteiger partial charge is 0.379 e. The smallest absolute Gasteiger partial charge is 0.224 e. The number of carbonyl (C=O) groups is 5. The van der Waals surface area contributed by atoms with E-state index in [0.717, 1.165) is 5.56 Å². The van der Waals surface area contributed by atoms with Gasteiger partial charge < -0.3 is 20.1 Å². The first-order valence-corrected chi connectivity index (χ1v) is 19.1. The normalized spacial score (nSPS) is 19.6. The third-order valence-corrected chi connectivity index (χ3v) is 10.0. The van der Waals surface area contributed by atoms with E-state index in [-0.39, 0.29) is 67.5 Å². The number of nitrogens with one attached hydrogen (secondary N) is 2. The molecule has 2 heterocycles. The Balaban J connectivity index is 1.52. The first kappa shape index (κ1) is 41.9. The summed E-state index contributed by atoms with van der Waals surface area (Å²) in [6.45, 7) is 12.5. The zero-order valence-electron chi connectivity index (χ0n) is 32.0. The Bertz CT molecular complexity index is 1520. The molecule has 10 nitrogen and oxygen atoms in total. The second-order valence-corrected chi connectivity index (χ2v) is 15.8.